The van der Waals surface area contributed by atoms with Crippen molar-refractivity contribution < 1.29 is 4.39 Å². The van der Waals surface area contributed by atoms with Crippen molar-refractivity contribution in [2.75, 3.05) is 0 Å². The Bertz CT molecular complexity index is 1180. The van der Waals surface area contributed by atoms with Gasteiger partial charge in [0.05, 0.1) is 33.5 Å². The molecule has 0 saturated carbocycles. The average molecular weight is 415 g/mol. The SMILES string of the molecule is N#Cc1c(-c2ccnc(F)c2)sc(-c2cnc[nH]2)c1-c1ccc(Cl)cc1Cl. The highest BCUT2D eigenvalue weighted by atomic mass is 35.5. The number of nitrogens with zero attached hydrogens (tertiary/aromatic N) is 3. The number of benzene rings is 1. The summed E-state index contributed by atoms with van der Waals surface area (Å²) < 4.78 is 13.7. The first kappa shape index (κ1) is 17.7. The highest BCUT2D eigenvalue weighted by Gasteiger charge is 2.24. The van der Waals surface area contributed by atoms with Crippen molar-refractivity contribution in [3.05, 3.63) is 70.6 Å². The summed E-state index contributed by atoms with van der Waals surface area (Å²) in [6.07, 6.45) is 4.59. The first-order valence-electron chi connectivity index (χ1n) is 7.71. The summed E-state index contributed by atoms with van der Waals surface area (Å²) in [7, 11) is 0. The number of pyridine rings is 1. The van der Waals surface area contributed by atoms with Crippen LogP contribution in [0.5, 0.6) is 0 Å². The van der Waals surface area contributed by atoms with E-state index in [0.717, 1.165) is 10.6 Å². The van der Waals surface area contributed by atoms with Gasteiger partial charge in [-0.05, 0) is 23.8 Å². The molecule has 1 aromatic carbocycles. The van der Waals surface area contributed by atoms with Gasteiger partial charge >= 0.3 is 0 Å². The molecule has 0 fully saturated rings. The lowest BCUT2D eigenvalue weighted by molar-refractivity contribution is 0.584. The fourth-order valence-corrected chi connectivity index (χ4v) is 4.54. The molecule has 8 heteroatoms. The van der Waals surface area contributed by atoms with Crippen LogP contribution in [-0.4, -0.2) is 15.0 Å². The third-order valence-corrected chi connectivity index (χ3v) is 5.77. The molecule has 3 heterocycles. The van der Waals surface area contributed by atoms with E-state index in [2.05, 4.69) is 21.0 Å². The van der Waals surface area contributed by atoms with Gasteiger partial charge in [0, 0.05) is 33.4 Å². The quantitative estimate of drug-likeness (QED) is 0.406. The predicted octanol–water partition coefficient (Wildman–Crippen LogP) is 6.18. The fraction of sp³-hybridized carbons (Fsp3) is 0. The number of thiophene rings is 1. The normalized spacial score (nSPS) is 10.7. The van der Waals surface area contributed by atoms with Crippen molar-refractivity contribution in [1.29, 1.82) is 5.26 Å². The molecule has 0 radical (unpaired) electrons. The molecule has 0 aliphatic rings. The third kappa shape index (κ3) is 3.21. The molecule has 132 valence electrons. The number of H-pyrrole nitrogens is 1. The minimum Gasteiger partial charge on any atom is -0.344 e. The molecule has 0 spiro atoms. The molecule has 27 heavy (non-hydrogen) atoms. The van der Waals surface area contributed by atoms with Crippen LogP contribution in [0.3, 0.4) is 0 Å². The van der Waals surface area contributed by atoms with Gasteiger partial charge in [0.15, 0.2) is 0 Å². The maximum atomic E-state index is 13.7. The lowest BCUT2D eigenvalue weighted by atomic mass is 9.98. The Morgan fingerprint density at radius 3 is 2.67 bits per heavy atom. The van der Waals surface area contributed by atoms with Gasteiger partial charge in [-0.1, -0.05) is 29.3 Å². The van der Waals surface area contributed by atoms with E-state index in [0.29, 0.717) is 37.2 Å². The number of imidazole rings is 1. The minimum absolute atomic E-state index is 0.402. The van der Waals surface area contributed by atoms with E-state index in [9.17, 15) is 9.65 Å². The van der Waals surface area contributed by atoms with Crippen LogP contribution in [-0.2, 0) is 0 Å². The topological polar surface area (TPSA) is 65.4 Å². The van der Waals surface area contributed by atoms with Gasteiger partial charge in [-0.2, -0.15) is 9.65 Å². The van der Waals surface area contributed by atoms with Crippen molar-refractivity contribution in [2.45, 2.75) is 0 Å². The van der Waals surface area contributed by atoms with Crippen molar-refractivity contribution in [3.8, 4) is 38.2 Å². The zero-order valence-electron chi connectivity index (χ0n) is 13.5. The maximum absolute atomic E-state index is 13.7. The summed E-state index contributed by atoms with van der Waals surface area (Å²) in [4.78, 5) is 12.1. The van der Waals surface area contributed by atoms with Gasteiger partial charge in [0.25, 0.3) is 0 Å². The summed E-state index contributed by atoms with van der Waals surface area (Å²) in [5.41, 5.74) is 3.03. The summed E-state index contributed by atoms with van der Waals surface area (Å²) >= 11 is 13.8. The van der Waals surface area contributed by atoms with Crippen LogP contribution in [0, 0.1) is 17.3 Å². The van der Waals surface area contributed by atoms with Crippen LogP contribution < -0.4 is 0 Å². The Morgan fingerprint density at radius 2 is 2.00 bits per heavy atom. The van der Waals surface area contributed by atoms with Crippen LogP contribution in [0.15, 0.2) is 49.1 Å². The van der Waals surface area contributed by atoms with Crippen molar-refractivity contribution >= 4 is 34.5 Å². The number of aromatic amines is 1. The standard InChI is InChI=1S/C19H9Cl2FN4S/c20-11-1-2-12(14(21)6-11)17-13(7-23)18(10-3-4-25-16(22)5-10)27-19(17)15-8-24-9-26-15/h1-6,8-9H,(H,24,26). The third-order valence-electron chi connectivity index (χ3n) is 3.95. The average Bonchev–Trinajstić information content (AvgIpc) is 3.29. The van der Waals surface area contributed by atoms with Crippen molar-refractivity contribution in [2.24, 2.45) is 0 Å². The molecule has 3 aromatic heterocycles. The van der Waals surface area contributed by atoms with Gasteiger partial charge in [-0.15, -0.1) is 11.3 Å². The number of nitriles is 1. The molecule has 4 aromatic rings. The number of hydrogen-bond acceptors (Lipinski definition) is 4. The number of hydrogen-bond donors (Lipinski definition) is 1. The summed E-state index contributed by atoms with van der Waals surface area (Å²) in [5, 5.41) is 10.8. The number of nitrogens with one attached hydrogen (secondary N) is 1. The second kappa shape index (κ2) is 7.12. The Kier molecular flexibility index (Phi) is 4.66. The number of rotatable bonds is 3. The molecule has 0 bridgehead atoms. The monoisotopic (exact) mass is 414 g/mol. The Morgan fingerprint density at radius 1 is 1.15 bits per heavy atom. The molecule has 4 nitrogen and oxygen atoms in total. The molecule has 0 unspecified atom stereocenters. The van der Waals surface area contributed by atoms with E-state index < -0.39 is 5.95 Å². The van der Waals surface area contributed by atoms with Crippen molar-refractivity contribution in [3.63, 3.8) is 0 Å². The lowest BCUT2D eigenvalue weighted by Gasteiger charge is -2.07. The van der Waals surface area contributed by atoms with Crippen LogP contribution in [0.25, 0.3) is 32.1 Å². The van der Waals surface area contributed by atoms with Gasteiger partial charge in [-0.25, -0.2) is 9.97 Å². The molecule has 0 aliphatic heterocycles. The van der Waals surface area contributed by atoms with Gasteiger partial charge in [0.1, 0.15) is 6.07 Å². The van der Waals surface area contributed by atoms with E-state index >= 15 is 0 Å². The molecular weight excluding hydrogens is 406 g/mol. The Balaban J connectivity index is 2.06. The predicted molar refractivity (Wildman–Crippen MR) is 105 cm³/mol. The number of aromatic nitrogens is 3. The van der Waals surface area contributed by atoms with Crippen LogP contribution in [0.2, 0.25) is 10.0 Å². The van der Waals surface area contributed by atoms with E-state index in [1.807, 2.05) is 0 Å². The smallest absolute Gasteiger partial charge is 0.213 e. The van der Waals surface area contributed by atoms with Crippen molar-refractivity contribution in [1.82, 2.24) is 15.0 Å². The van der Waals surface area contributed by atoms with Gasteiger partial charge in [0.2, 0.25) is 5.95 Å². The molecule has 4 rings (SSSR count). The first-order valence-corrected chi connectivity index (χ1v) is 9.28. The lowest BCUT2D eigenvalue weighted by Crippen LogP contribution is -1.87. The molecule has 0 atom stereocenters. The summed E-state index contributed by atoms with van der Waals surface area (Å²) in [6.45, 7) is 0. The highest BCUT2D eigenvalue weighted by molar-refractivity contribution is 7.19. The molecule has 1 N–H and O–H groups in total. The van der Waals surface area contributed by atoms with Gasteiger partial charge < -0.3 is 4.98 Å². The van der Waals surface area contributed by atoms with E-state index in [1.54, 1.807) is 36.8 Å². The van der Waals surface area contributed by atoms with Crippen LogP contribution in [0.4, 0.5) is 4.39 Å². The molecule has 0 saturated heterocycles. The largest absolute Gasteiger partial charge is 0.344 e. The van der Waals surface area contributed by atoms with Gasteiger partial charge in [-0.3, -0.25) is 0 Å². The maximum Gasteiger partial charge on any atom is 0.213 e. The Hall–Kier alpha value is -2.72. The molecule has 0 aliphatic carbocycles. The first-order chi connectivity index (χ1) is 13.1. The van der Waals surface area contributed by atoms with E-state index in [4.69, 9.17) is 23.2 Å². The molecule has 0 amide bonds. The van der Waals surface area contributed by atoms with Crippen LogP contribution in [0.1, 0.15) is 5.56 Å². The van der Waals surface area contributed by atoms with E-state index in [1.165, 1.54) is 23.6 Å². The summed E-state index contributed by atoms with van der Waals surface area (Å²) in [5.74, 6) is -0.612. The zero-order chi connectivity index (χ0) is 19.0. The van der Waals surface area contributed by atoms with E-state index in [-0.39, 0.29) is 0 Å². The number of halogens is 3. The highest BCUT2D eigenvalue weighted by Crippen LogP contribution is 2.48. The minimum atomic E-state index is -0.612. The fourth-order valence-electron chi connectivity index (χ4n) is 2.80. The second-order valence-electron chi connectivity index (χ2n) is 5.58. The zero-order valence-corrected chi connectivity index (χ0v) is 15.8. The summed E-state index contributed by atoms with van der Waals surface area (Å²) in [6, 6.07) is 10.3. The molecular formula is C19H9Cl2FN4S. The van der Waals surface area contributed by atoms with Crippen LogP contribution >= 0.6 is 34.5 Å². The Labute approximate surface area is 167 Å². The second-order valence-corrected chi connectivity index (χ2v) is 7.44.